The molecule has 0 bridgehead atoms. The fourth-order valence-corrected chi connectivity index (χ4v) is 4.58. The van der Waals surface area contributed by atoms with Crippen molar-refractivity contribution in [3.05, 3.63) is 33.7 Å². The molecule has 2 aromatic rings. The van der Waals surface area contributed by atoms with Crippen LogP contribution in [0.15, 0.2) is 11.7 Å². The van der Waals surface area contributed by atoms with Crippen LogP contribution in [0.1, 0.15) is 22.0 Å². The highest BCUT2D eigenvalue weighted by Gasteiger charge is 2.27. The fraction of sp³-hybridized carbons (Fsp3) is 0.417. The third kappa shape index (κ3) is 4.19. The van der Waals surface area contributed by atoms with Crippen molar-refractivity contribution in [2.45, 2.75) is 32.2 Å². The second-order valence-corrected chi connectivity index (χ2v) is 8.68. The molecule has 0 aliphatic rings. The molecule has 0 aromatic carbocycles. The largest absolute Gasteiger partial charge is 0.383 e. The molecular weight excluding hydrogens is 358 g/mol. The molecule has 2 rings (SSSR count). The van der Waals surface area contributed by atoms with Crippen molar-refractivity contribution in [3.8, 4) is 0 Å². The van der Waals surface area contributed by atoms with E-state index in [2.05, 4.69) is 9.97 Å². The van der Waals surface area contributed by atoms with Gasteiger partial charge >= 0.3 is 15.4 Å². The molecule has 8 nitrogen and oxygen atoms in total. The molecule has 11 heteroatoms. The summed E-state index contributed by atoms with van der Waals surface area (Å²) in [5.41, 5.74) is 9.21. The van der Waals surface area contributed by atoms with E-state index in [0.717, 1.165) is 11.3 Å². The van der Waals surface area contributed by atoms with Gasteiger partial charge in [0.25, 0.3) is 0 Å². The predicted molar refractivity (Wildman–Crippen MR) is 83.6 cm³/mol. The van der Waals surface area contributed by atoms with E-state index in [1.165, 1.54) is 11.3 Å². The van der Waals surface area contributed by atoms with Crippen molar-refractivity contribution in [3.63, 3.8) is 0 Å². The van der Waals surface area contributed by atoms with Crippen LogP contribution < -0.4 is 10.3 Å². The molecule has 2 N–H and O–H groups in total. The van der Waals surface area contributed by atoms with Crippen molar-refractivity contribution in [2.24, 2.45) is 0 Å². The number of hydrogen-bond acceptors (Lipinski definition) is 8. The molecule has 122 valence electrons. The van der Waals surface area contributed by atoms with Crippen molar-refractivity contribution in [1.82, 2.24) is 9.97 Å². The Labute approximate surface area is 137 Å². The topological polar surface area (TPSA) is 124 Å². The lowest BCUT2D eigenvalue weighted by Gasteiger charge is -2.02. The van der Waals surface area contributed by atoms with Gasteiger partial charge in [0.1, 0.15) is 11.6 Å². The summed E-state index contributed by atoms with van der Waals surface area (Å²) in [6, 6.07) is 0. The average molecular weight is 373 g/mol. The highest BCUT2D eigenvalue weighted by molar-refractivity contribution is 7.51. The lowest BCUT2D eigenvalue weighted by molar-refractivity contribution is -0.689. The summed E-state index contributed by atoms with van der Waals surface area (Å²) in [4.78, 5) is 8.91. The highest BCUT2D eigenvalue weighted by Crippen LogP contribution is 2.34. The van der Waals surface area contributed by atoms with Crippen LogP contribution >= 0.6 is 26.7 Å². The molecule has 0 spiro atoms. The van der Waals surface area contributed by atoms with E-state index in [1.54, 1.807) is 18.6 Å². The number of nitrogens with two attached hydrogens (primary N) is 1. The van der Waals surface area contributed by atoms with Gasteiger partial charge in [-0.05, 0) is 6.92 Å². The number of nitrogen functional groups attached to an aromatic ring is 1. The van der Waals surface area contributed by atoms with Crippen molar-refractivity contribution < 1.29 is 22.8 Å². The average Bonchev–Trinajstić information content (AvgIpc) is 2.79. The SMILES string of the molecule is Cc1ncc(C[n+]2csc(CC(P(=O)=O)P(=O)=O)c2C)c(N)n1. The molecule has 23 heavy (non-hydrogen) atoms. The quantitative estimate of drug-likeness (QED) is 0.608. The van der Waals surface area contributed by atoms with Gasteiger partial charge < -0.3 is 5.73 Å². The smallest absolute Gasteiger partial charge is 0.333 e. The number of nitrogens with zero attached hydrogens (tertiary/aromatic N) is 3. The van der Waals surface area contributed by atoms with Gasteiger partial charge in [0, 0.05) is 19.5 Å². The minimum Gasteiger partial charge on any atom is -0.383 e. The van der Waals surface area contributed by atoms with E-state index < -0.39 is 20.8 Å². The molecular formula is C12H15N4O4P2S+. The molecule has 0 aliphatic carbocycles. The Morgan fingerprint density at radius 3 is 2.48 bits per heavy atom. The van der Waals surface area contributed by atoms with Crippen molar-refractivity contribution in [2.75, 3.05) is 5.73 Å². The zero-order valence-electron chi connectivity index (χ0n) is 12.5. The summed E-state index contributed by atoms with van der Waals surface area (Å²) in [5.74, 6) is 0.973. The van der Waals surface area contributed by atoms with Gasteiger partial charge in [0.05, 0.1) is 10.4 Å². The molecule has 2 aromatic heterocycles. The Balaban J connectivity index is 2.25. The van der Waals surface area contributed by atoms with Gasteiger partial charge in [-0.1, -0.05) is 11.3 Å². The van der Waals surface area contributed by atoms with E-state index in [-0.39, 0.29) is 6.42 Å². The Morgan fingerprint density at radius 2 is 1.91 bits per heavy atom. The Hall–Kier alpha value is -1.69. The molecule has 0 atom stereocenters. The number of rotatable bonds is 6. The lowest BCUT2D eigenvalue weighted by Crippen LogP contribution is -2.35. The van der Waals surface area contributed by atoms with Crippen LogP contribution in [0.25, 0.3) is 0 Å². The van der Waals surface area contributed by atoms with Crippen LogP contribution in [0.4, 0.5) is 5.82 Å². The van der Waals surface area contributed by atoms with E-state index in [4.69, 9.17) is 5.73 Å². The number of aromatic nitrogens is 3. The van der Waals surface area contributed by atoms with Crippen LogP contribution in [0.2, 0.25) is 0 Å². The molecule has 0 unspecified atom stereocenters. The molecule has 0 saturated heterocycles. The molecule has 0 radical (unpaired) electrons. The van der Waals surface area contributed by atoms with Gasteiger partial charge in [0.2, 0.25) is 5.51 Å². The summed E-state index contributed by atoms with van der Waals surface area (Å²) < 4.78 is 46.1. The maximum atomic E-state index is 11.0. The van der Waals surface area contributed by atoms with Crippen LogP contribution in [0.5, 0.6) is 0 Å². The summed E-state index contributed by atoms with van der Waals surface area (Å²) in [5, 5.41) is -1.38. The molecule has 0 aliphatic heterocycles. The first kappa shape index (κ1) is 17.7. The standard InChI is InChI=1S/C12H15N4O4P2S/c1-7-10(3-11(21(17)18)22(19)20)23-6-16(7)5-9-4-14-8(2)15-12(9)13/h4,6,11H,3,5H2,1-2H3,(H2,13,14,15)/q+1. The number of thiazole rings is 1. The van der Waals surface area contributed by atoms with E-state index in [0.29, 0.717) is 23.1 Å². The van der Waals surface area contributed by atoms with Crippen LogP contribution in [-0.2, 0) is 31.2 Å². The first-order valence-electron chi connectivity index (χ1n) is 6.61. The summed E-state index contributed by atoms with van der Waals surface area (Å²) in [6.07, 6.45) is 1.61. The first-order chi connectivity index (χ1) is 10.8. The van der Waals surface area contributed by atoms with E-state index >= 15 is 0 Å². The third-order valence-electron chi connectivity index (χ3n) is 3.37. The number of hydrogen-bond donors (Lipinski definition) is 1. The number of aryl methyl sites for hydroxylation is 1. The van der Waals surface area contributed by atoms with Crippen LogP contribution in [0.3, 0.4) is 0 Å². The monoisotopic (exact) mass is 373 g/mol. The second kappa shape index (κ2) is 7.25. The summed E-state index contributed by atoms with van der Waals surface area (Å²) in [7, 11) is -6.05. The Bertz CT molecular complexity index is 838. The zero-order chi connectivity index (χ0) is 17.1. The van der Waals surface area contributed by atoms with Gasteiger partial charge in [-0.25, -0.2) is 28.2 Å². The summed E-state index contributed by atoms with van der Waals surface area (Å²) >= 11 is 1.31. The van der Waals surface area contributed by atoms with Crippen molar-refractivity contribution in [1.29, 1.82) is 0 Å². The second-order valence-electron chi connectivity index (χ2n) is 4.94. The van der Waals surface area contributed by atoms with Crippen LogP contribution in [0, 0.1) is 13.8 Å². The molecule has 2 heterocycles. The normalized spacial score (nSPS) is 10.9. The van der Waals surface area contributed by atoms with Gasteiger partial charge in [0.15, 0.2) is 17.6 Å². The number of anilines is 1. The predicted octanol–water partition coefficient (Wildman–Crippen LogP) is 2.29. The lowest BCUT2D eigenvalue weighted by atomic mass is 10.2. The van der Waals surface area contributed by atoms with E-state index in [1.807, 2.05) is 11.5 Å². The zero-order valence-corrected chi connectivity index (χ0v) is 15.1. The molecule has 0 saturated carbocycles. The van der Waals surface area contributed by atoms with E-state index in [9.17, 15) is 18.3 Å². The molecule has 0 fully saturated rings. The van der Waals surface area contributed by atoms with Gasteiger partial charge in [-0.2, -0.15) is 4.57 Å². The Morgan fingerprint density at radius 1 is 1.26 bits per heavy atom. The maximum absolute atomic E-state index is 11.0. The molecule has 0 amide bonds. The fourth-order valence-electron chi connectivity index (χ4n) is 2.01. The maximum Gasteiger partial charge on any atom is 0.333 e. The van der Waals surface area contributed by atoms with Crippen molar-refractivity contribution >= 4 is 32.5 Å². The summed E-state index contributed by atoms with van der Waals surface area (Å²) in [6.45, 7) is 3.99. The van der Waals surface area contributed by atoms with Gasteiger partial charge in [-0.15, -0.1) is 0 Å². The van der Waals surface area contributed by atoms with Crippen LogP contribution in [-0.4, -0.2) is 15.4 Å². The highest BCUT2D eigenvalue weighted by atomic mass is 32.1. The first-order valence-corrected chi connectivity index (χ1v) is 9.98. The minimum atomic E-state index is -3.03. The minimum absolute atomic E-state index is 0.0409. The van der Waals surface area contributed by atoms with Gasteiger partial charge in [-0.3, -0.25) is 0 Å². The Kier molecular flexibility index (Phi) is 5.57. The third-order valence-corrected chi connectivity index (χ3v) is 6.95.